The summed E-state index contributed by atoms with van der Waals surface area (Å²) in [7, 11) is 1.68. The normalized spacial score (nSPS) is 12.6. The van der Waals surface area contributed by atoms with Gasteiger partial charge < -0.3 is 9.84 Å². The Morgan fingerprint density at radius 2 is 1.60 bits per heavy atom. The van der Waals surface area contributed by atoms with Gasteiger partial charge in [-0.3, -0.25) is 4.99 Å². The molecule has 0 unspecified atom stereocenters. The number of para-hydroxylation sites is 1. The van der Waals surface area contributed by atoms with Gasteiger partial charge in [0.05, 0.1) is 7.11 Å². The molecular weight excluding hydrogens is 310 g/mol. The molecule has 0 amide bonds. The average molecular weight is 339 g/mol. The molecule has 0 radical (unpaired) electrons. The Kier molecular flexibility index (Phi) is 5.26. The highest BCUT2D eigenvalue weighted by Crippen LogP contribution is 2.42. The Hall–Kier alpha value is -2.29. The SMILES string of the molecule is COc1c(N=Cc2ccccc2O)cc(C(C)(C)C)cc1C(C)(C)C. The van der Waals surface area contributed by atoms with Crippen molar-refractivity contribution in [3.05, 3.63) is 53.1 Å². The van der Waals surface area contributed by atoms with Crippen LogP contribution in [0.4, 0.5) is 5.69 Å². The summed E-state index contributed by atoms with van der Waals surface area (Å²) in [5, 5.41) is 9.96. The molecule has 0 fully saturated rings. The number of ether oxygens (including phenoxy) is 1. The summed E-state index contributed by atoms with van der Waals surface area (Å²) in [4.78, 5) is 4.65. The van der Waals surface area contributed by atoms with Crippen molar-refractivity contribution in [3.63, 3.8) is 0 Å². The number of phenolic OH excluding ortho intramolecular Hbond substituents is 1. The summed E-state index contributed by atoms with van der Waals surface area (Å²) in [5.41, 5.74) is 3.75. The van der Waals surface area contributed by atoms with Crippen LogP contribution in [0.15, 0.2) is 41.4 Å². The van der Waals surface area contributed by atoms with E-state index < -0.39 is 0 Å². The summed E-state index contributed by atoms with van der Waals surface area (Å²) < 4.78 is 5.71. The number of phenols is 1. The van der Waals surface area contributed by atoms with Gasteiger partial charge in [-0.25, -0.2) is 0 Å². The molecule has 0 saturated carbocycles. The van der Waals surface area contributed by atoms with Crippen molar-refractivity contribution in [2.24, 2.45) is 4.99 Å². The smallest absolute Gasteiger partial charge is 0.148 e. The highest BCUT2D eigenvalue weighted by Gasteiger charge is 2.25. The average Bonchev–Trinajstić information content (AvgIpc) is 2.51. The predicted molar refractivity (Wildman–Crippen MR) is 106 cm³/mol. The molecule has 0 aromatic heterocycles. The van der Waals surface area contributed by atoms with Crippen LogP contribution < -0.4 is 4.74 Å². The lowest BCUT2D eigenvalue weighted by Gasteiger charge is -2.28. The van der Waals surface area contributed by atoms with Gasteiger partial charge in [0.1, 0.15) is 17.2 Å². The van der Waals surface area contributed by atoms with Gasteiger partial charge in [-0.05, 0) is 34.6 Å². The number of rotatable bonds is 3. The van der Waals surface area contributed by atoms with Gasteiger partial charge in [-0.15, -0.1) is 0 Å². The lowest BCUT2D eigenvalue weighted by atomic mass is 9.79. The molecule has 0 aliphatic carbocycles. The standard InChI is InChI=1S/C22H29NO2/c1-21(2,3)16-12-17(22(4,5)6)20(25-7)18(13-16)23-14-15-10-8-9-11-19(15)24/h8-14,24H,1-7H3. The van der Waals surface area contributed by atoms with Crippen molar-refractivity contribution in [3.8, 4) is 11.5 Å². The number of hydrogen-bond acceptors (Lipinski definition) is 3. The van der Waals surface area contributed by atoms with Crippen LogP contribution in [0.2, 0.25) is 0 Å². The van der Waals surface area contributed by atoms with Crippen molar-refractivity contribution >= 4 is 11.9 Å². The maximum absolute atomic E-state index is 9.96. The molecule has 0 saturated heterocycles. The lowest BCUT2D eigenvalue weighted by Crippen LogP contribution is -2.17. The second kappa shape index (κ2) is 6.91. The Balaban J connectivity index is 2.65. The summed E-state index contributed by atoms with van der Waals surface area (Å²) in [6.07, 6.45) is 1.69. The first-order valence-electron chi connectivity index (χ1n) is 8.59. The molecule has 3 heteroatoms. The van der Waals surface area contributed by atoms with Crippen molar-refractivity contribution in [1.82, 2.24) is 0 Å². The first-order valence-corrected chi connectivity index (χ1v) is 8.59. The van der Waals surface area contributed by atoms with E-state index in [-0.39, 0.29) is 16.6 Å². The van der Waals surface area contributed by atoms with Crippen molar-refractivity contribution in [2.45, 2.75) is 52.4 Å². The van der Waals surface area contributed by atoms with Crippen molar-refractivity contribution in [1.29, 1.82) is 0 Å². The van der Waals surface area contributed by atoms with E-state index in [1.54, 1.807) is 25.5 Å². The molecule has 0 aliphatic heterocycles. The van der Waals surface area contributed by atoms with E-state index in [9.17, 15) is 5.11 Å². The minimum atomic E-state index is -0.0637. The highest BCUT2D eigenvalue weighted by atomic mass is 16.5. The van der Waals surface area contributed by atoms with Gasteiger partial charge in [0, 0.05) is 17.3 Å². The fourth-order valence-electron chi connectivity index (χ4n) is 2.65. The third kappa shape index (κ3) is 4.41. The van der Waals surface area contributed by atoms with E-state index in [2.05, 4.69) is 58.7 Å². The van der Waals surface area contributed by atoms with Gasteiger partial charge >= 0.3 is 0 Å². The number of nitrogens with zero attached hydrogens (tertiary/aromatic N) is 1. The largest absolute Gasteiger partial charge is 0.507 e. The number of hydrogen-bond donors (Lipinski definition) is 1. The molecule has 3 nitrogen and oxygen atoms in total. The molecule has 0 atom stereocenters. The van der Waals surface area contributed by atoms with Gasteiger partial charge in [0.2, 0.25) is 0 Å². The first kappa shape index (κ1) is 19.0. The summed E-state index contributed by atoms with van der Waals surface area (Å²) in [6.45, 7) is 13.1. The zero-order valence-electron chi connectivity index (χ0n) is 16.3. The first-order chi connectivity index (χ1) is 11.5. The van der Waals surface area contributed by atoms with Crippen LogP contribution >= 0.6 is 0 Å². The Bertz CT molecular complexity index is 778. The minimum Gasteiger partial charge on any atom is -0.507 e. The fourth-order valence-corrected chi connectivity index (χ4v) is 2.65. The number of benzene rings is 2. The second-order valence-electron chi connectivity index (χ2n) is 8.39. The third-order valence-electron chi connectivity index (χ3n) is 4.23. The molecule has 0 bridgehead atoms. The molecule has 0 aliphatic rings. The molecule has 25 heavy (non-hydrogen) atoms. The third-order valence-corrected chi connectivity index (χ3v) is 4.23. The second-order valence-corrected chi connectivity index (χ2v) is 8.39. The van der Waals surface area contributed by atoms with Crippen LogP contribution in [0.1, 0.15) is 58.2 Å². The van der Waals surface area contributed by atoms with Gasteiger partial charge in [-0.1, -0.05) is 59.7 Å². The van der Waals surface area contributed by atoms with E-state index in [0.29, 0.717) is 5.56 Å². The van der Waals surface area contributed by atoms with E-state index >= 15 is 0 Å². The van der Waals surface area contributed by atoms with Crippen LogP contribution in [0.25, 0.3) is 0 Å². The molecule has 2 aromatic carbocycles. The molecule has 134 valence electrons. The number of aliphatic imine (C=N–C) groups is 1. The molecular formula is C22H29NO2. The number of methoxy groups -OCH3 is 1. The van der Waals surface area contributed by atoms with E-state index in [1.807, 2.05) is 12.1 Å². The molecule has 1 N–H and O–H groups in total. The zero-order valence-corrected chi connectivity index (χ0v) is 16.3. The minimum absolute atomic E-state index is 0.00538. The molecule has 0 heterocycles. The van der Waals surface area contributed by atoms with Gasteiger partial charge in [0.25, 0.3) is 0 Å². The van der Waals surface area contributed by atoms with Gasteiger partial charge in [0.15, 0.2) is 0 Å². The van der Waals surface area contributed by atoms with Crippen molar-refractivity contribution in [2.75, 3.05) is 7.11 Å². The Morgan fingerprint density at radius 3 is 2.12 bits per heavy atom. The van der Waals surface area contributed by atoms with E-state index in [0.717, 1.165) is 17.0 Å². The van der Waals surface area contributed by atoms with Crippen LogP contribution in [-0.4, -0.2) is 18.4 Å². The van der Waals surface area contributed by atoms with E-state index in [1.165, 1.54) is 5.56 Å². The maximum Gasteiger partial charge on any atom is 0.148 e. The maximum atomic E-state index is 9.96. The molecule has 2 aromatic rings. The van der Waals surface area contributed by atoms with Crippen LogP contribution in [0, 0.1) is 0 Å². The summed E-state index contributed by atoms with van der Waals surface area (Å²) >= 11 is 0. The highest BCUT2D eigenvalue weighted by molar-refractivity contribution is 5.86. The zero-order chi connectivity index (χ0) is 18.8. The molecule has 0 spiro atoms. The monoisotopic (exact) mass is 339 g/mol. The fraction of sp³-hybridized carbons (Fsp3) is 0.409. The van der Waals surface area contributed by atoms with Gasteiger partial charge in [-0.2, -0.15) is 0 Å². The summed E-state index contributed by atoms with van der Waals surface area (Å²) in [6, 6.07) is 11.5. The van der Waals surface area contributed by atoms with Crippen LogP contribution in [0.5, 0.6) is 11.5 Å². The topological polar surface area (TPSA) is 41.8 Å². The quantitative estimate of drug-likeness (QED) is 0.724. The Labute approximate surface area is 151 Å². The lowest BCUT2D eigenvalue weighted by molar-refractivity contribution is 0.398. The van der Waals surface area contributed by atoms with E-state index in [4.69, 9.17) is 4.74 Å². The number of aromatic hydroxyl groups is 1. The van der Waals surface area contributed by atoms with Crippen LogP contribution in [0.3, 0.4) is 0 Å². The van der Waals surface area contributed by atoms with Crippen LogP contribution in [-0.2, 0) is 10.8 Å². The van der Waals surface area contributed by atoms with Crippen molar-refractivity contribution < 1.29 is 9.84 Å². The Morgan fingerprint density at radius 1 is 0.960 bits per heavy atom. The predicted octanol–water partition coefficient (Wildman–Crippen LogP) is 5.75. The summed E-state index contributed by atoms with van der Waals surface area (Å²) in [5.74, 6) is 1.00. The molecule has 2 rings (SSSR count).